The summed E-state index contributed by atoms with van der Waals surface area (Å²) in [6, 6.07) is 1.21. The number of allylic oxidation sites excluding steroid dienone is 1. The second-order valence-corrected chi connectivity index (χ2v) is 2.12. The molecule has 62 valence electrons. The smallest absolute Gasteiger partial charge is 0.142 e. The standard InChI is InChI=1S/C8H7FN2O/c9-7-4-6(2-1-3-12)8(10)11-5-7/h1-5H,(H2,10,11). The van der Waals surface area contributed by atoms with Crippen molar-refractivity contribution in [2.24, 2.45) is 0 Å². The molecule has 1 aromatic rings. The number of carbonyl (C=O) groups is 1. The van der Waals surface area contributed by atoms with Gasteiger partial charge in [-0.25, -0.2) is 9.37 Å². The Morgan fingerprint density at radius 3 is 3.00 bits per heavy atom. The van der Waals surface area contributed by atoms with Gasteiger partial charge < -0.3 is 5.73 Å². The molecule has 0 atom stereocenters. The largest absolute Gasteiger partial charge is 0.383 e. The number of aldehydes is 1. The molecule has 0 unspecified atom stereocenters. The third-order valence-corrected chi connectivity index (χ3v) is 1.27. The minimum absolute atomic E-state index is 0.203. The number of halogens is 1. The van der Waals surface area contributed by atoms with E-state index in [1.807, 2.05) is 0 Å². The lowest BCUT2D eigenvalue weighted by Gasteiger charge is -1.97. The predicted molar refractivity (Wildman–Crippen MR) is 43.7 cm³/mol. The first-order valence-corrected chi connectivity index (χ1v) is 3.27. The topological polar surface area (TPSA) is 56.0 Å². The van der Waals surface area contributed by atoms with Crippen molar-refractivity contribution in [3.05, 3.63) is 29.7 Å². The molecule has 0 saturated carbocycles. The van der Waals surface area contributed by atoms with Crippen molar-refractivity contribution in [3.63, 3.8) is 0 Å². The molecule has 0 spiro atoms. The first-order valence-electron chi connectivity index (χ1n) is 3.27. The SMILES string of the molecule is Nc1ncc(F)cc1C=CC=O. The van der Waals surface area contributed by atoms with Crippen LogP contribution >= 0.6 is 0 Å². The van der Waals surface area contributed by atoms with Gasteiger partial charge in [0.25, 0.3) is 0 Å². The van der Waals surface area contributed by atoms with Gasteiger partial charge in [-0.15, -0.1) is 0 Å². The molecule has 4 heteroatoms. The van der Waals surface area contributed by atoms with Gasteiger partial charge in [0.1, 0.15) is 17.9 Å². The van der Waals surface area contributed by atoms with Crippen LogP contribution in [0.5, 0.6) is 0 Å². The number of carbonyl (C=O) groups excluding carboxylic acids is 1. The number of hydrogen-bond acceptors (Lipinski definition) is 3. The molecule has 2 N–H and O–H groups in total. The summed E-state index contributed by atoms with van der Waals surface area (Å²) in [6.07, 6.45) is 4.24. The monoisotopic (exact) mass is 166 g/mol. The molecule has 1 heterocycles. The zero-order valence-corrected chi connectivity index (χ0v) is 6.20. The fourth-order valence-corrected chi connectivity index (χ4v) is 0.742. The predicted octanol–water partition coefficient (Wildman–Crippen LogP) is 1.02. The Kier molecular flexibility index (Phi) is 2.53. The second kappa shape index (κ2) is 3.61. The fraction of sp³-hybridized carbons (Fsp3) is 0. The summed E-state index contributed by atoms with van der Waals surface area (Å²) in [5.74, 6) is -0.274. The highest BCUT2D eigenvalue weighted by Gasteiger charge is 1.97. The highest BCUT2D eigenvalue weighted by molar-refractivity contribution is 5.76. The van der Waals surface area contributed by atoms with Crippen molar-refractivity contribution in [3.8, 4) is 0 Å². The van der Waals surface area contributed by atoms with Gasteiger partial charge in [0.15, 0.2) is 0 Å². The van der Waals surface area contributed by atoms with Gasteiger partial charge in [-0.3, -0.25) is 4.79 Å². The third-order valence-electron chi connectivity index (χ3n) is 1.27. The Morgan fingerprint density at radius 2 is 2.33 bits per heavy atom. The third kappa shape index (κ3) is 1.88. The maximum absolute atomic E-state index is 12.5. The number of pyridine rings is 1. The van der Waals surface area contributed by atoms with Crippen LogP contribution in [0.15, 0.2) is 18.3 Å². The molecule has 0 aliphatic rings. The molecule has 0 radical (unpaired) electrons. The zero-order chi connectivity index (χ0) is 8.97. The number of hydrogen-bond donors (Lipinski definition) is 1. The van der Waals surface area contributed by atoms with Crippen molar-refractivity contribution >= 4 is 18.2 Å². The van der Waals surface area contributed by atoms with E-state index < -0.39 is 5.82 Å². The highest BCUT2D eigenvalue weighted by Crippen LogP contribution is 2.10. The Hall–Kier alpha value is -1.71. The number of anilines is 1. The maximum Gasteiger partial charge on any atom is 0.142 e. The van der Waals surface area contributed by atoms with E-state index in [0.29, 0.717) is 11.8 Å². The van der Waals surface area contributed by atoms with Crippen LogP contribution in [0.25, 0.3) is 6.08 Å². The summed E-state index contributed by atoms with van der Waals surface area (Å²) in [6.45, 7) is 0. The minimum Gasteiger partial charge on any atom is -0.383 e. The van der Waals surface area contributed by atoms with Crippen LogP contribution in [-0.2, 0) is 4.79 Å². The number of nitrogens with zero attached hydrogens (tertiary/aromatic N) is 1. The summed E-state index contributed by atoms with van der Waals surface area (Å²) in [5.41, 5.74) is 5.79. The lowest BCUT2D eigenvalue weighted by molar-refractivity contribution is -0.104. The Bertz CT molecular complexity index is 323. The van der Waals surface area contributed by atoms with Gasteiger partial charge in [-0.2, -0.15) is 0 Å². The maximum atomic E-state index is 12.5. The molecule has 0 saturated heterocycles. The van der Waals surface area contributed by atoms with Crippen molar-refractivity contribution in [1.82, 2.24) is 4.98 Å². The molecular formula is C8H7FN2O. The Balaban J connectivity index is 3.04. The van der Waals surface area contributed by atoms with Crippen LogP contribution in [0.3, 0.4) is 0 Å². The fourth-order valence-electron chi connectivity index (χ4n) is 0.742. The van der Waals surface area contributed by atoms with Crippen LogP contribution in [0.1, 0.15) is 5.56 Å². The van der Waals surface area contributed by atoms with E-state index in [1.54, 1.807) is 0 Å². The van der Waals surface area contributed by atoms with E-state index >= 15 is 0 Å². The average Bonchev–Trinajstić information content (AvgIpc) is 2.07. The van der Waals surface area contributed by atoms with Gasteiger partial charge in [-0.05, 0) is 18.2 Å². The van der Waals surface area contributed by atoms with Gasteiger partial charge in [-0.1, -0.05) is 0 Å². The lowest BCUT2D eigenvalue weighted by atomic mass is 10.2. The first kappa shape index (κ1) is 8.39. The molecule has 0 bridgehead atoms. The number of nitrogen functional groups attached to an aromatic ring is 1. The van der Waals surface area contributed by atoms with E-state index in [0.717, 1.165) is 6.20 Å². The van der Waals surface area contributed by atoms with Crippen LogP contribution in [0.2, 0.25) is 0 Å². The Morgan fingerprint density at radius 1 is 1.58 bits per heavy atom. The molecule has 1 rings (SSSR count). The van der Waals surface area contributed by atoms with Crippen molar-refractivity contribution in [2.45, 2.75) is 0 Å². The molecule has 0 aliphatic carbocycles. The van der Waals surface area contributed by atoms with Crippen LogP contribution < -0.4 is 5.73 Å². The van der Waals surface area contributed by atoms with Crippen LogP contribution in [-0.4, -0.2) is 11.3 Å². The van der Waals surface area contributed by atoms with Crippen LogP contribution in [0, 0.1) is 5.82 Å². The average molecular weight is 166 g/mol. The molecule has 0 amide bonds. The summed E-state index contributed by atoms with van der Waals surface area (Å²) in [4.78, 5) is 13.5. The van der Waals surface area contributed by atoms with Crippen molar-refractivity contribution in [2.75, 3.05) is 5.73 Å². The van der Waals surface area contributed by atoms with Gasteiger partial charge in [0, 0.05) is 5.56 Å². The summed E-state index contributed by atoms with van der Waals surface area (Å²) >= 11 is 0. The van der Waals surface area contributed by atoms with Crippen molar-refractivity contribution in [1.29, 1.82) is 0 Å². The molecule has 12 heavy (non-hydrogen) atoms. The molecule has 0 aromatic carbocycles. The Labute approximate surface area is 68.7 Å². The van der Waals surface area contributed by atoms with E-state index in [1.165, 1.54) is 18.2 Å². The van der Waals surface area contributed by atoms with Crippen LogP contribution in [0.4, 0.5) is 10.2 Å². The van der Waals surface area contributed by atoms with E-state index in [4.69, 9.17) is 5.73 Å². The van der Waals surface area contributed by atoms with Gasteiger partial charge in [0.2, 0.25) is 0 Å². The summed E-state index contributed by atoms with van der Waals surface area (Å²) < 4.78 is 12.5. The van der Waals surface area contributed by atoms with Gasteiger partial charge >= 0.3 is 0 Å². The first-order chi connectivity index (χ1) is 5.74. The summed E-state index contributed by atoms with van der Waals surface area (Å²) in [5, 5.41) is 0. The zero-order valence-electron chi connectivity index (χ0n) is 6.20. The quantitative estimate of drug-likeness (QED) is 0.527. The van der Waals surface area contributed by atoms with Gasteiger partial charge in [0.05, 0.1) is 6.20 Å². The summed E-state index contributed by atoms with van der Waals surface area (Å²) in [7, 11) is 0. The minimum atomic E-state index is -0.477. The van der Waals surface area contributed by atoms with E-state index in [9.17, 15) is 9.18 Å². The van der Waals surface area contributed by atoms with E-state index in [2.05, 4.69) is 4.98 Å². The highest BCUT2D eigenvalue weighted by atomic mass is 19.1. The number of aromatic nitrogens is 1. The molecular weight excluding hydrogens is 159 g/mol. The van der Waals surface area contributed by atoms with E-state index in [-0.39, 0.29) is 5.82 Å². The molecule has 0 fully saturated rings. The molecule has 3 nitrogen and oxygen atoms in total. The second-order valence-electron chi connectivity index (χ2n) is 2.12. The molecule has 1 aromatic heterocycles. The normalized spacial score (nSPS) is 10.4. The number of rotatable bonds is 2. The number of nitrogens with two attached hydrogens (primary N) is 1. The molecule has 0 aliphatic heterocycles. The lowest BCUT2D eigenvalue weighted by Crippen LogP contribution is -1.94. The van der Waals surface area contributed by atoms with Crippen molar-refractivity contribution < 1.29 is 9.18 Å².